The number of carboxylic acids is 1. The van der Waals surface area contributed by atoms with Gasteiger partial charge in [0.25, 0.3) is 0 Å². The molecule has 0 saturated carbocycles. The number of nitrogens with zero attached hydrogens (tertiary/aromatic N) is 2. The van der Waals surface area contributed by atoms with Crippen molar-refractivity contribution in [1.82, 2.24) is 15.0 Å². The summed E-state index contributed by atoms with van der Waals surface area (Å²) in [4.78, 5) is 23.2. The first kappa shape index (κ1) is 12.7. The predicted molar refractivity (Wildman–Crippen MR) is 76.9 cm³/mol. The third-order valence-electron chi connectivity index (χ3n) is 2.76. The van der Waals surface area contributed by atoms with Gasteiger partial charge < -0.3 is 10.1 Å². The molecule has 0 spiro atoms. The van der Waals surface area contributed by atoms with Gasteiger partial charge in [0.2, 0.25) is 0 Å². The fraction of sp³-hybridized carbons (Fsp3) is 0.0714. The normalized spacial score (nSPS) is 10.8. The second-order valence-electron chi connectivity index (χ2n) is 4.17. The molecule has 0 aliphatic heterocycles. The molecular formula is C14H11N3O2S. The maximum Gasteiger partial charge on any atom is 0.354 e. The van der Waals surface area contributed by atoms with Crippen LogP contribution < -0.4 is 0 Å². The molecule has 2 heterocycles. The molecule has 2 N–H and O–H groups in total. The zero-order valence-electron chi connectivity index (χ0n) is 10.4. The van der Waals surface area contributed by atoms with Crippen LogP contribution in [0.25, 0.3) is 11.0 Å². The number of hydrogen-bond donors (Lipinski definition) is 2. The number of carboxylic acid groups (broad SMARTS) is 1. The number of para-hydroxylation sites is 2. The van der Waals surface area contributed by atoms with Gasteiger partial charge in [0.05, 0.1) is 16.8 Å². The summed E-state index contributed by atoms with van der Waals surface area (Å²) in [7, 11) is 0. The molecule has 2 aromatic heterocycles. The minimum absolute atomic E-state index is 0.0552. The molecule has 0 bridgehead atoms. The van der Waals surface area contributed by atoms with Crippen molar-refractivity contribution in [1.29, 1.82) is 0 Å². The Morgan fingerprint density at radius 2 is 2.15 bits per heavy atom. The van der Waals surface area contributed by atoms with Gasteiger partial charge in [-0.1, -0.05) is 12.1 Å². The van der Waals surface area contributed by atoms with E-state index >= 15 is 0 Å². The fourth-order valence-corrected chi connectivity index (χ4v) is 2.64. The highest BCUT2D eigenvalue weighted by molar-refractivity contribution is 7.98. The van der Waals surface area contributed by atoms with Crippen LogP contribution >= 0.6 is 11.8 Å². The van der Waals surface area contributed by atoms with Gasteiger partial charge in [0, 0.05) is 11.1 Å². The van der Waals surface area contributed by atoms with Crippen molar-refractivity contribution < 1.29 is 9.90 Å². The van der Waals surface area contributed by atoms with E-state index in [-0.39, 0.29) is 5.69 Å². The van der Waals surface area contributed by atoms with Crippen LogP contribution in [-0.2, 0) is 5.75 Å². The second kappa shape index (κ2) is 5.34. The number of fused-ring (bicyclic) bond motifs is 1. The monoisotopic (exact) mass is 285 g/mol. The minimum Gasteiger partial charge on any atom is -0.477 e. The lowest BCUT2D eigenvalue weighted by Gasteiger charge is -2.00. The van der Waals surface area contributed by atoms with E-state index < -0.39 is 5.97 Å². The molecule has 6 heteroatoms. The molecule has 0 amide bonds. The van der Waals surface area contributed by atoms with Gasteiger partial charge in [-0.25, -0.2) is 14.8 Å². The van der Waals surface area contributed by atoms with Gasteiger partial charge >= 0.3 is 5.97 Å². The van der Waals surface area contributed by atoms with Gasteiger partial charge in [-0.3, -0.25) is 0 Å². The van der Waals surface area contributed by atoms with Crippen LogP contribution in [0.5, 0.6) is 0 Å². The number of nitrogens with one attached hydrogen (secondary N) is 1. The highest BCUT2D eigenvalue weighted by atomic mass is 32.2. The number of imidazole rings is 1. The molecule has 20 heavy (non-hydrogen) atoms. The summed E-state index contributed by atoms with van der Waals surface area (Å²) >= 11 is 1.52. The topological polar surface area (TPSA) is 78.9 Å². The summed E-state index contributed by atoms with van der Waals surface area (Å²) in [5, 5.41) is 8.90. The number of rotatable bonds is 4. The van der Waals surface area contributed by atoms with Gasteiger partial charge in [-0.2, -0.15) is 0 Å². The number of thioether (sulfide) groups is 1. The number of benzene rings is 1. The Labute approximate surface area is 119 Å². The summed E-state index contributed by atoms with van der Waals surface area (Å²) in [6.45, 7) is 0. The van der Waals surface area contributed by atoms with Crippen LogP contribution in [0.15, 0.2) is 47.5 Å². The Morgan fingerprint density at radius 1 is 1.30 bits per heavy atom. The van der Waals surface area contributed by atoms with Crippen molar-refractivity contribution >= 4 is 28.8 Å². The van der Waals surface area contributed by atoms with Gasteiger partial charge in [0.1, 0.15) is 11.5 Å². The largest absolute Gasteiger partial charge is 0.477 e. The van der Waals surface area contributed by atoms with E-state index in [4.69, 9.17) is 5.11 Å². The van der Waals surface area contributed by atoms with E-state index in [0.29, 0.717) is 5.75 Å². The van der Waals surface area contributed by atoms with Crippen molar-refractivity contribution in [3.63, 3.8) is 0 Å². The minimum atomic E-state index is -1.02. The molecule has 0 unspecified atom stereocenters. The van der Waals surface area contributed by atoms with E-state index in [1.807, 2.05) is 24.3 Å². The van der Waals surface area contributed by atoms with Crippen molar-refractivity contribution in [2.45, 2.75) is 10.6 Å². The molecule has 3 rings (SSSR count). The number of aromatic amines is 1. The molecule has 0 saturated heterocycles. The van der Waals surface area contributed by atoms with E-state index in [2.05, 4.69) is 15.0 Å². The molecule has 0 aliphatic rings. The first-order chi connectivity index (χ1) is 9.72. The maximum absolute atomic E-state index is 10.9. The molecule has 3 aromatic rings. The number of hydrogen-bond acceptors (Lipinski definition) is 4. The Bertz CT molecular complexity index is 737. The molecule has 5 nitrogen and oxygen atoms in total. The SMILES string of the molecule is O=C(O)c1cc(SCc2nc3ccccc3[nH]2)ccn1. The van der Waals surface area contributed by atoms with E-state index in [0.717, 1.165) is 21.8 Å². The predicted octanol–water partition coefficient (Wildman–Crippen LogP) is 2.95. The number of H-pyrrole nitrogens is 1. The molecule has 0 aliphatic carbocycles. The molecule has 1 aromatic carbocycles. The van der Waals surface area contributed by atoms with Crippen LogP contribution in [0, 0.1) is 0 Å². The summed E-state index contributed by atoms with van der Waals surface area (Å²) in [6.07, 6.45) is 1.50. The van der Waals surface area contributed by atoms with E-state index in [1.54, 1.807) is 12.1 Å². The van der Waals surface area contributed by atoms with E-state index in [9.17, 15) is 4.79 Å². The highest BCUT2D eigenvalue weighted by Crippen LogP contribution is 2.23. The van der Waals surface area contributed by atoms with Gasteiger partial charge in [-0.05, 0) is 24.3 Å². The molecule has 0 fully saturated rings. The fourth-order valence-electron chi connectivity index (χ4n) is 1.84. The van der Waals surface area contributed by atoms with Crippen molar-refractivity contribution in [3.8, 4) is 0 Å². The van der Waals surface area contributed by atoms with Crippen molar-refractivity contribution in [3.05, 3.63) is 54.1 Å². The summed E-state index contributed by atoms with van der Waals surface area (Å²) in [5.41, 5.74) is 1.99. The zero-order chi connectivity index (χ0) is 13.9. The average Bonchev–Trinajstić information content (AvgIpc) is 2.88. The lowest BCUT2D eigenvalue weighted by Crippen LogP contribution is -1.99. The molecule has 0 radical (unpaired) electrons. The van der Waals surface area contributed by atoms with Crippen LogP contribution in [-0.4, -0.2) is 26.0 Å². The smallest absolute Gasteiger partial charge is 0.354 e. The third-order valence-corrected chi connectivity index (χ3v) is 3.77. The Morgan fingerprint density at radius 3 is 2.95 bits per heavy atom. The third kappa shape index (κ3) is 2.65. The summed E-state index contributed by atoms with van der Waals surface area (Å²) in [5.74, 6) is 0.499. The number of pyridine rings is 1. The van der Waals surface area contributed by atoms with E-state index in [1.165, 1.54) is 18.0 Å². The number of aromatic carboxylic acids is 1. The van der Waals surface area contributed by atoms with Crippen LogP contribution in [0.2, 0.25) is 0 Å². The van der Waals surface area contributed by atoms with Crippen molar-refractivity contribution in [2.75, 3.05) is 0 Å². The lowest BCUT2D eigenvalue weighted by molar-refractivity contribution is 0.0690. The first-order valence-corrected chi connectivity index (χ1v) is 6.97. The second-order valence-corrected chi connectivity index (χ2v) is 5.22. The van der Waals surface area contributed by atoms with Crippen LogP contribution in [0.3, 0.4) is 0 Å². The average molecular weight is 285 g/mol. The molecule has 100 valence electrons. The molecular weight excluding hydrogens is 274 g/mol. The maximum atomic E-state index is 10.9. The van der Waals surface area contributed by atoms with Crippen LogP contribution in [0.1, 0.15) is 16.3 Å². The Kier molecular flexibility index (Phi) is 3.39. The number of aromatic nitrogens is 3. The van der Waals surface area contributed by atoms with Crippen LogP contribution in [0.4, 0.5) is 0 Å². The summed E-state index contributed by atoms with van der Waals surface area (Å²) < 4.78 is 0. The molecule has 0 atom stereocenters. The Hall–Kier alpha value is -2.34. The number of carbonyl (C=O) groups is 1. The van der Waals surface area contributed by atoms with Crippen molar-refractivity contribution in [2.24, 2.45) is 0 Å². The first-order valence-electron chi connectivity index (χ1n) is 5.98. The summed E-state index contributed by atoms with van der Waals surface area (Å²) in [6, 6.07) is 11.2. The lowest BCUT2D eigenvalue weighted by atomic mass is 10.3. The standard InChI is InChI=1S/C14H11N3O2S/c18-14(19)12-7-9(5-6-15-12)20-8-13-16-10-3-1-2-4-11(10)17-13/h1-7H,8H2,(H,16,17)(H,18,19). The van der Waals surface area contributed by atoms with Gasteiger partial charge in [-0.15, -0.1) is 11.8 Å². The highest BCUT2D eigenvalue weighted by Gasteiger charge is 2.07. The van der Waals surface area contributed by atoms with Gasteiger partial charge in [0.15, 0.2) is 0 Å². The zero-order valence-corrected chi connectivity index (χ0v) is 11.2. The Balaban J connectivity index is 1.75. The quantitative estimate of drug-likeness (QED) is 0.720.